The Labute approximate surface area is 165 Å². The van der Waals surface area contributed by atoms with E-state index in [9.17, 15) is 4.79 Å². The standard InChI is InChI=1S/C19H16Cl2N4O2/c1-11-2-5-18-23-13(10-25(18)9-11)8-22-19(26)17-7-16(24-27-17)14-4-3-12(20)6-15(14)21/h2-6,9-10,17H,7-8H2,1H3,(H,22,26)/t17-/m1/s1. The first-order valence-corrected chi connectivity index (χ1v) is 9.15. The van der Waals surface area contributed by atoms with E-state index in [1.165, 1.54) is 0 Å². The average molecular weight is 403 g/mol. The summed E-state index contributed by atoms with van der Waals surface area (Å²) < 4.78 is 1.94. The van der Waals surface area contributed by atoms with Gasteiger partial charge in [0.25, 0.3) is 5.91 Å². The maximum absolute atomic E-state index is 12.4. The predicted octanol–water partition coefficient (Wildman–Crippen LogP) is 3.76. The van der Waals surface area contributed by atoms with Crippen molar-refractivity contribution in [2.75, 3.05) is 0 Å². The highest BCUT2D eigenvalue weighted by Gasteiger charge is 2.29. The molecule has 27 heavy (non-hydrogen) atoms. The molecule has 0 aliphatic carbocycles. The van der Waals surface area contributed by atoms with E-state index in [1.807, 2.05) is 35.9 Å². The molecule has 0 spiro atoms. The van der Waals surface area contributed by atoms with E-state index in [2.05, 4.69) is 15.5 Å². The van der Waals surface area contributed by atoms with Crippen molar-refractivity contribution < 1.29 is 9.63 Å². The van der Waals surface area contributed by atoms with Crippen LogP contribution in [0.25, 0.3) is 5.65 Å². The first-order valence-electron chi connectivity index (χ1n) is 8.39. The number of hydrogen-bond donors (Lipinski definition) is 1. The Morgan fingerprint density at radius 3 is 2.96 bits per heavy atom. The number of carbonyl (C=O) groups excluding carboxylic acids is 1. The Kier molecular flexibility index (Phi) is 4.76. The molecule has 0 unspecified atom stereocenters. The first-order chi connectivity index (χ1) is 13.0. The average Bonchev–Trinajstić information content (AvgIpc) is 3.26. The minimum Gasteiger partial charge on any atom is -0.382 e. The van der Waals surface area contributed by atoms with Gasteiger partial charge >= 0.3 is 0 Å². The van der Waals surface area contributed by atoms with E-state index >= 15 is 0 Å². The van der Waals surface area contributed by atoms with Crippen LogP contribution in [0.5, 0.6) is 0 Å². The molecule has 1 aliphatic heterocycles. The van der Waals surface area contributed by atoms with Crippen molar-refractivity contribution in [3.8, 4) is 0 Å². The highest BCUT2D eigenvalue weighted by atomic mass is 35.5. The Balaban J connectivity index is 1.38. The van der Waals surface area contributed by atoms with E-state index in [-0.39, 0.29) is 5.91 Å². The fourth-order valence-corrected chi connectivity index (χ4v) is 3.45. The van der Waals surface area contributed by atoms with E-state index in [0.717, 1.165) is 16.9 Å². The van der Waals surface area contributed by atoms with Crippen molar-refractivity contribution in [1.82, 2.24) is 14.7 Å². The molecular weight excluding hydrogens is 387 g/mol. The normalized spacial score (nSPS) is 16.3. The van der Waals surface area contributed by atoms with Crippen molar-refractivity contribution in [2.45, 2.75) is 26.0 Å². The van der Waals surface area contributed by atoms with Gasteiger partial charge in [0.1, 0.15) is 5.65 Å². The van der Waals surface area contributed by atoms with Gasteiger partial charge in [0.05, 0.1) is 23.0 Å². The van der Waals surface area contributed by atoms with Crippen LogP contribution >= 0.6 is 23.2 Å². The second-order valence-corrected chi connectivity index (χ2v) is 7.23. The minimum absolute atomic E-state index is 0.243. The third-order valence-corrected chi connectivity index (χ3v) is 4.84. The number of oxime groups is 1. The van der Waals surface area contributed by atoms with E-state index < -0.39 is 6.10 Å². The van der Waals surface area contributed by atoms with E-state index in [0.29, 0.717) is 34.3 Å². The van der Waals surface area contributed by atoms with Gasteiger partial charge in [-0.2, -0.15) is 0 Å². The van der Waals surface area contributed by atoms with Crippen LogP contribution < -0.4 is 5.32 Å². The van der Waals surface area contributed by atoms with Gasteiger partial charge < -0.3 is 14.6 Å². The fraction of sp³-hybridized carbons (Fsp3) is 0.211. The number of fused-ring (bicyclic) bond motifs is 1. The number of carbonyl (C=O) groups is 1. The highest BCUT2D eigenvalue weighted by Crippen LogP contribution is 2.26. The summed E-state index contributed by atoms with van der Waals surface area (Å²) in [5.41, 5.74) is 4.09. The molecule has 0 bridgehead atoms. The van der Waals surface area contributed by atoms with E-state index in [4.69, 9.17) is 28.0 Å². The molecule has 1 atom stereocenters. The molecule has 0 saturated carbocycles. The third kappa shape index (κ3) is 3.77. The summed E-state index contributed by atoms with van der Waals surface area (Å²) >= 11 is 12.1. The summed E-state index contributed by atoms with van der Waals surface area (Å²) in [6.45, 7) is 2.33. The highest BCUT2D eigenvalue weighted by molar-refractivity contribution is 6.37. The Morgan fingerprint density at radius 2 is 2.15 bits per heavy atom. The van der Waals surface area contributed by atoms with Gasteiger partial charge in [-0.25, -0.2) is 4.98 Å². The van der Waals surface area contributed by atoms with Crippen LogP contribution in [0.4, 0.5) is 0 Å². The van der Waals surface area contributed by atoms with Crippen LogP contribution in [0.3, 0.4) is 0 Å². The topological polar surface area (TPSA) is 68.0 Å². The lowest BCUT2D eigenvalue weighted by atomic mass is 10.0. The van der Waals surface area contributed by atoms with Crippen LogP contribution in [-0.2, 0) is 16.2 Å². The number of amides is 1. The molecule has 3 heterocycles. The van der Waals surface area contributed by atoms with Crippen LogP contribution in [-0.4, -0.2) is 27.1 Å². The molecule has 0 fully saturated rings. The molecule has 3 aromatic rings. The number of nitrogens with one attached hydrogen (secondary N) is 1. The molecule has 1 aromatic carbocycles. The Bertz CT molecular complexity index is 1060. The van der Waals surface area contributed by atoms with E-state index in [1.54, 1.807) is 18.2 Å². The van der Waals surface area contributed by atoms with Crippen LogP contribution in [0.15, 0.2) is 47.9 Å². The third-order valence-electron chi connectivity index (χ3n) is 4.30. The van der Waals surface area contributed by atoms with Gasteiger partial charge in [0, 0.05) is 29.4 Å². The molecule has 1 N–H and O–H groups in total. The maximum Gasteiger partial charge on any atom is 0.264 e. The van der Waals surface area contributed by atoms with Gasteiger partial charge in [-0.05, 0) is 30.7 Å². The first kappa shape index (κ1) is 17.8. The number of nitrogens with zero attached hydrogens (tertiary/aromatic N) is 3. The second-order valence-electron chi connectivity index (χ2n) is 6.38. The molecule has 8 heteroatoms. The fourth-order valence-electron chi connectivity index (χ4n) is 2.93. The summed E-state index contributed by atoms with van der Waals surface area (Å²) in [6, 6.07) is 9.07. The van der Waals surface area contributed by atoms with Crippen LogP contribution in [0, 0.1) is 6.92 Å². The predicted molar refractivity (Wildman–Crippen MR) is 104 cm³/mol. The summed E-state index contributed by atoms with van der Waals surface area (Å²) in [6.07, 6.45) is 3.54. The number of aryl methyl sites for hydroxylation is 1. The molecule has 0 saturated heterocycles. The number of hydrogen-bond acceptors (Lipinski definition) is 4. The summed E-state index contributed by atoms with van der Waals surface area (Å²) in [7, 11) is 0. The number of pyridine rings is 1. The zero-order chi connectivity index (χ0) is 19.0. The SMILES string of the molecule is Cc1ccc2nc(CNC(=O)[C@H]3CC(c4ccc(Cl)cc4Cl)=NO3)cn2c1. The van der Waals surface area contributed by atoms with Gasteiger partial charge in [0.2, 0.25) is 6.10 Å². The summed E-state index contributed by atoms with van der Waals surface area (Å²) in [4.78, 5) is 22.2. The minimum atomic E-state index is -0.689. The number of rotatable bonds is 4. The smallest absolute Gasteiger partial charge is 0.264 e. The van der Waals surface area contributed by atoms with Crippen LogP contribution in [0.2, 0.25) is 10.0 Å². The number of imidazole rings is 1. The van der Waals surface area contributed by atoms with Crippen molar-refractivity contribution >= 4 is 40.5 Å². The lowest BCUT2D eigenvalue weighted by molar-refractivity contribution is -0.131. The van der Waals surface area contributed by atoms with Crippen molar-refractivity contribution in [1.29, 1.82) is 0 Å². The summed E-state index contributed by atoms with van der Waals surface area (Å²) in [5, 5.41) is 7.87. The molecule has 0 radical (unpaired) electrons. The molecule has 1 aliphatic rings. The lowest BCUT2D eigenvalue weighted by Gasteiger charge is -2.08. The number of halogens is 2. The van der Waals surface area contributed by atoms with Gasteiger partial charge in [-0.3, -0.25) is 4.79 Å². The molecule has 2 aromatic heterocycles. The largest absolute Gasteiger partial charge is 0.382 e. The number of benzene rings is 1. The van der Waals surface area contributed by atoms with Crippen molar-refractivity contribution in [3.63, 3.8) is 0 Å². The molecule has 1 amide bonds. The van der Waals surface area contributed by atoms with Crippen LogP contribution in [0.1, 0.15) is 23.2 Å². The molecular formula is C19H16Cl2N4O2. The Hall–Kier alpha value is -2.57. The molecule has 6 nitrogen and oxygen atoms in total. The second kappa shape index (κ2) is 7.21. The van der Waals surface area contributed by atoms with Crippen molar-refractivity contribution in [2.24, 2.45) is 5.16 Å². The zero-order valence-corrected chi connectivity index (χ0v) is 16.0. The monoisotopic (exact) mass is 402 g/mol. The van der Waals surface area contributed by atoms with Gasteiger partial charge in [-0.15, -0.1) is 0 Å². The molecule has 4 rings (SSSR count). The number of aromatic nitrogens is 2. The van der Waals surface area contributed by atoms with Gasteiger partial charge in [0.15, 0.2) is 0 Å². The maximum atomic E-state index is 12.4. The Morgan fingerprint density at radius 1 is 1.30 bits per heavy atom. The zero-order valence-electron chi connectivity index (χ0n) is 14.4. The quantitative estimate of drug-likeness (QED) is 0.722. The van der Waals surface area contributed by atoms with Gasteiger partial charge in [-0.1, -0.05) is 40.5 Å². The lowest BCUT2D eigenvalue weighted by Crippen LogP contribution is -2.34. The molecule has 138 valence electrons. The summed E-state index contributed by atoms with van der Waals surface area (Å²) in [5.74, 6) is -0.243. The van der Waals surface area contributed by atoms with Crippen molar-refractivity contribution in [3.05, 3.63) is 69.6 Å².